The van der Waals surface area contributed by atoms with Gasteiger partial charge in [0.25, 0.3) is 0 Å². The molecule has 0 bridgehead atoms. The number of aromatic amines is 1. The molecule has 0 aliphatic heterocycles. The normalized spacial score (nSPS) is 11.9. The Hall–Kier alpha value is -1.25. The Labute approximate surface area is 113 Å². The van der Waals surface area contributed by atoms with Crippen LogP contribution in [0.2, 0.25) is 0 Å². The molecule has 1 heterocycles. The van der Waals surface area contributed by atoms with Crippen LogP contribution in [0.3, 0.4) is 0 Å². The van der Waals surface area contributed by atoms with E-state index in [-0.39, 0.29) is 11.4 Å². The Morgan fingerprint density at radius 1 is 1.44 bits per heavy atom. The molecule has 0 fully saturated rings. The molecule has 0 saturated carbocycles. The van der Waals surface area contributed by atoms with Gasteiger partial charge in [0.05, 0.1) is 11.4 Å². The molecule has 0 aliphatic carbocycles. The Balaban J connectivity index is 2.25. The van der Waals surface area contributed by atoms with E-state index in [1.54, 1.807) is 24.3 Å². The van der Waals surface area contributed by atoms with Crippen molar-refractivity contribution in [1.29, 1.82) is 0 Å². The molecule has 0 unspecified atom stereocenters. The van der Waals surface area contributed by atoms with E-state index < -0.39 is 10.0 Å². The van der Waals surface area contributed by atoms with E-state index in [4.69, 9.17) is 0 Å². The average Bonchev–Trinajstić information content (AvgIpc) is 2.81. The molecule has 18 heavy (non-hydrogen) atoms. The monoisotopic (exact) mass is 330 g/mol. The maximum Gasteiger partial charge on any atom is 0.243 e. The third-order valence-corrected chi connectivity index (χ3v) is 4.63. The summed E-state index contributed by atoms with van der Waals surface area (Å²) in [6.07, 6.45) is 1.34. The first-order chi connectivity index (χ1) is 8.50. The zero-order chi connectivity index (χ0) is 13.2. The molecule has 2 aromatic rings. The molecule has 0 saturated heterocycles. The van der Waals surface area contributed by atoms with Crippen molar-refractivity contribution in [3.63, 3.8) is 0 Å². The van der Waals surface area contributed by atoms with E-state index in [0.717, 1.165) is 4.47 Å². The molecule has 0 spiro atoms. The fraction of sp³-hybridized carbons (Fsp3) is 0.200. The molecular formula is C10H11BrN4O2S. The van der Waals surface area contributed by atoms with Gasteiger partial charge in [-0.25, -0.2) is 13.4 Å². The number of hydrogen-bond donors (Lipinski definition) is 1. The number of rotatable bonds is 4. The van der Waals surface area contributed by atoms with E-state index in [1.807, 2.05) is 0 Å². The lowest BCUT2D eigenvalue weighted by atomic mass is 10.4. The SMILES string of the molecule is CN(Cc1ncn[nH]1)S(=O)(=O)c1cccc(Br)c1. The van der Waals surface area contributed by atoms with Crippen molar-refractivity contribution in [2.75, 3.05) is 7.05 Å². The van der Waals surface area contributed by atoms with Crippen LogP contribution in [0.15, 0.2) is 40.0 Å². The molecule has 8 heteroatoms. The second-order valence-electron chi connectivity index (χ2n) is 3.65. The van der Waals surface area contributed by atoms with Crippen LogP contribution in [0.4, 0.5) is 0 Å². The molecule has 1 aromatic heterocycles. The fourth-order valence-corrected chi connectivity index (χ4v) is 3.14. The van der Waals surface area contributed by atoms with Crippen molar-refractivity contribution >= 4 is 26.0 Å². The molecule has 0 atom stereocenters. The highest BCUT2D eigenvalue weighted by atomic mass is 79.9. The molecule has 1 N–H and O–H groups in total. The van der Waals surface area contributed by atoms with Crippen LogP contribution in [0.1, 0.15) is 5.82 Å². The quantitative estimate of drug-likeness (QED) is 0.918. The topological polar surface area (TPSA) is 79.0 Å². The van der Waals surface area contributed by atoms with E-state index in [1.165, 1.54) is 17.7 Å². The Bertz CT molecular complexity index is 627. The second-order valence-corrected chi connectivity index (χ2v) is 6.61. The van der Waals surface area contributed by atoms with Gasteiger partial charge in [0.15, 0.2) is 0 Å². The van der Waals surface area contributed by atoms with Crippen molar-refractivity contribution in [1.82, 2.24) is 19.5 Å². The fourth-order valence-electron chi connectivity index (χ4n) is 1.41. The highest BCUT2D eigenvalue weighted by Crippen LogP contribution is 2.19. The average molecular weight is 331 g/mol. The maximum absolute atomic E-state index is 12.3. The summed E-state index contributed by atoms with van der Waals surface area (Å²) in [6.45, 7) is 0.148. The Morgan fingerprint density at radius 2 is 2.22 bits per heavy atom. The van der Waals surface area contributed by atoms with E-state index in [9.17, 15) is 8.42 Å². The summed E-state index contributed by atoms with van der Waals surface area (Å²) >= 11 is 3.25. The van der Waals surface area contributed by atoms with Crippen LogP contribution < -0.4 is 0 Å². The van der Waals surface area contributed by atoms with Crippen molar-refractivity contribution in [3.8, 4) is 0 Å². The first-order valence-corrected chi connectivity index (χ1v) is 7.29. The second kappa shape index (κ2) is 5.17. The first-order valence-electron chi connectivity index (χ1n) is 5.06. The van der Waals surface area contributed by atoms with Crippen molar-refractivity contribution in [2.24, 2.45) is 0 Å². The van der Waals surface area contributed by atoms with Gasteiger partial charge in [0.2, 0.25) is 10.0 Å². The summed E-state index contributed by atoms with van der Waals surface area (Å²) in [5.74, 6) is 0.496. The third-order valence-electron chi connectivity index (χ3n) is 2.34. The number of halogens is 1. The predicted molar refractivity (Wildman–Crippen MR) is 69.2 cm³/mol. The zero-order valence-electron chi connectivity index (χ0n) is 9.54. The zero-order valence-corrected chi connectivity index (χ0v) is 11.9. The van der Waals surface area contributed by atoms with Crippen LogP contribution in [-0.2, 0) is 16.6 Å². The summed E-state index contributed by atoms with van der Waals surface area (Å²) in [5, 5.41) is 6.31. The number of sulfonamides is 1. The highest BCUT2D eigenvalue weighted by molar-refractivity contribution is 9.10. The van der Waals surface area contributed by atoms with Gasteiger partial charge in [-0.05, 0) is 18.2 Å². The van der Waals surface area contributed by atoms with Gasteiger partial charge in [0.1, 0.15) is 12.2 Å². The molecule has 6 nitrogen and oxygen atoms in total. The van der Waals surface area contributed by atoms with Gasteiger partial charge in [0, 0.05) is 11.5 Å². The molecule has 0 radical (unpaired) electrons. The molecular weight excluding hydrogens is 320 g/mol. The summed E-state index contributed by atoms with van der Waals surface area (Å²) < 4.78 is 26.4. The molecule has 2 rings (SSSR count). The number of nitrogens with zero attached hydrogens (tertiary/aromatic N) is 3. The number of hydrogen-bond acceptors (Lipinski definition) is 4. The van der Waals surface area contributed by atoms with Gasteiger partial charge < -0.3 is 0 Å². The van der Waals surface area contributed by atoms with E-state index >= 15 is 0 Å². The Kier molecular flexibility index (Phi) is 3.79. The number of H-pyrrole nitrogens is 1. The van der Waals surface area contributed by atoms with Gasteiger partial charge in [-0.15, -0.1) is 0 Å². The standard InChI is InChI=1S/C10H11BrN4O2S/c1-15(6-10-12-7-13-14-10)18(16,17)9-4-2-3-8(11)5-9/h2-5,7H,6H2,1H3,(H,12,13,14). The van der Waals surface area contributed by atoms with Crippen LogP contribution >= 0.6 is 15.9 Å². The van der Waals surface area contributed by atoms with Crippen LogP contribution in [-0.4, -0.2) is 35.0 Å². The van der Waals surface area contributed by atoms with Gasteiger partial charge >= 0.3 is 0 Å². The highest BCUT2D eigenvalue weighted by Gasteiger charge is 2.21. The summed E-state index contributed by atoms with van der Waals surface area (Å²) in [7, 11) is -2.02. The van der Waals surface area contributed by atoms with Crippen molar-refractivity contribution in [2.45, 2.75) is 11.4 Å². The van der Waals surface area contributed by atoms with E-state index in [2.05, 4.69) is 31.1 Å². The smallest absolute Gasteiger partial charge is 0.243 e. The van der Waals surface area contributed by atoms with Crippen molar-refractivity contribution in [3.05, 3.63) is 40.9 Å². The van der Waals surface area contributed by atoms with Gasteiger partial charge in [-0.2, -0.15) is 9.40 Å². The van der Waals surface area contributed by atoms with Crippen molar-refractivity contribution < 1.29 is 8.42 Å². The van der Waals surface area contributed by atoms with Crippen LogP contribution in [0.25, 0.3) is 0 Å². The summed E-state index contributed by atoms with van der Waals surface area (Å²) in [4.78, 5) is 4.13. The summed E-state index contributed by atoms with van der Waals surface area (Å²) in [5.41, 5.74) is 0. The lowest BCUT2D eigenvalue weighted by Crippen LogP contribution is -2.27. The third kappa shape index (κ3) is 2.77. The lowest BCUT2D eigenvalue weighted by Gasteiger charge is -2.15. The van der Waals surface area contributed by atoms with Crippen LogP contribution in [0.5, 0.6) is 0 Å². The van der Waals surface area contributed by atoms with Crippen LogP contribution in [0, 0.1) is 0 Å². The lowest BCUT2D eigenvalue weighted by molar-refractivity contribution is 0.457. The number of benzene rings is 1. The molecule has 1 aromatic carbocycles. The first kappa shape index (κ1) is 13.2. The number of nitrogens with one attached hydrogen (secondary N) is 1. The molecule has 0 aliphatic rings. The van der Waals surface area contributed by atoms with Gasteiger partial charge in [-0.1, -0.05) is 22.0 Å². The minimum absolute atomic E-state index is 0.148. The van der Waals surface area contributed by atoms with E-state index in [0.29, 0.717) is 5.82 Å². The Morgan fingerprint density at radius 3 is 2.83 bits per heavy atom. The minimum atomic E-state index is -3.52. The maximum atomic E-state index is 12.3. The van der Waals surface area contributed by atoms with Gasteiger partial charge in [-0.3, -0.25) is 5.10 Å². The minimum Gasteiger partial charge on any atom is -0.262 e. The largest absolute Gasteiger partial charge is 0.262 e. The predicted octanol–water partition coefficient (Wildman–Crippen LogP) is 1.39. The molecule has 96 valence electrons. The molecule has 0 amide bonds. The number of aromatic nitrogens is 3. The summed E-state index contributed by atoms with van der Waals surface area (Å²) in [6, 6.07) is 6.57.